The lowest BCUT2D eigenvalue weighted by Gasteiger charge is -2.22. The summed E-state index contributed by atoms with van der Waals surface area (Å²) in [7, 11) is 0. The first-order chi connectivity index (χ1) is 34.7. The van der Waals surface area contributed by atoms with Crippen LogP contribution in [0.25, 0.3) is 72.7 Å². The summed E-state index contributed by atoms with van der Waals surface area (Å²) < 4.78 is 106. The van der Waals surface area contributed by atoms with Crippen LogP contribution in [0.4, 0.5) is 0 Å². The van der Waals surface area contributed by atoms with Gasteiger partial charge in [0.2, 0.25) is 0 Å². The van der Waals surface area contributed by atoms with Gasteiger partial charge in [-0.05, 0) is 140 Å². The molecule has 0 fully saturated rings. The van der Waals surface area contributed by atoms with E-state index in [-0.39, 0.29) is 28.8 Å². The third-order valence-corrected chi connectivity index (χ3v) is 11.8. The minimum absolute atomic E-state index is 0.0214. The van der Waals surface area contributed by atoms with Crippen LogP contribution in [0.3, 0.4) is 0 Å². The zero-order valence-electron chi connectivity index (χ0n) is 50.1. The van der Waals surface area contributed by atoms with Crippen molar-refractivity contribution in [2.45, 2.75) is 112 Å². The van der Waals surface area contributed by atoms with Crippen LogP contribution in [0.5, 0.6) is 5.75 Å². The van der Waals surface area contributed by atoms with Gasteiger partial charge in [0.15, 0.2) is 0 Å². The molecule has 320 valence electrons. The van der Waals surface area contributed by atoms with Gasteiger partial charge in [0, 0.05) is 29.8 Å². The number of hydrogen-bond acceptors (Lipinski definition) is 3. The van der Waals surface area contributed by atoms with Crippen molar-refractivity contribution in [1.82, 2.24) is 14.5 Å². The van der Waals surface area contributed by atoms with E-state index in [0.717, 1.165) is 44.6 Å². The van der Waals surface area contributed by atoms with E-state index in [4.69, 9.17) is 20.1 Å². The molecular formula is C59H63N3O. The van der Waals surface area contributed by atoms with E-state index in [2.05, 4.69) is 18.8 Å². The number of aromatic nitrogens is 3. The van der Waals surface area contributed by atoms with Gasteiger partial charge in [-0.1, -0.05) is 160 Å². The molecule has 0 atom stereocenters. The Kier molecular flexibility index (Phi) is 8.36. The lowest BCUT2D eigenvalue weighted by Crippen LogP contribution is -2.11. The Bertz CT molecular complexity index is 3510. The van der Waals surface area contributed by atoms with Gasteiger partial charge >= 0.3 is 0 Å². The summed E-state index contributed by atoms with van der Waals surface area (Å²) in [4.78, 5) is 9.90. The number of para-hydroxylation sites is 1. The minimum atomic E-state index is -2.98. The largest absolute Gasteiger partial charge is 0.507 e. The number of phenols is 1. The highest BCUT2D eigenvalue weighted by atomic mass is 16.3. The fourth-order valence-corrected chi connectivity index (χ4v) is 8.24. The lowest BCUT2D eigenvalue weighted by molar-refractivity contribution is 0.466. The number of imidazole rings is 1. The Morgan fingerprint density at radius 3 is 1.94 bits per heavy atom. The van der Waals surface area contributed by atoms with Crippen molar-refractivity contribution in [3.63, 3.8) is 0 Å². The van der Waals surface area contributed by atoms with Crippen LogP contribution in [0, 0.1) is 6.85 Å². The molecule has 0 saturated heterocycles. The van der Waals surface area contributed by atoms with E-state index in [1.807, 2.05) is 158 Å². The summed E-state index contributed by atoms with van der Waals surface area (Å²) in [5, 5.41) is 12.3. The molecule has 0 aliphatic rings. The zero-order chi connectivity index (χ0) is 55.3. The van der Waals surface area contributed by atoms with Crippen LogP contribution < -0.4 is 0 Å². The van der Waals surface area contributed by atoms with Gasteiger partial charge in [0.05, 0.1) is 31.9 Å². The molecule has 2 heterocycles. The Balaban J connectivity index is 1.42. The van der Waals surface area contributed by atoms with Gasteiger partial charge in [-0.3, -0.25) is 9.55 Å². The molecule has 0 unspecified atom stereocenters. The number of pyridine rings is 1. The second-order valence-electron chi connectivity index (χ2n) is 18.5. The summed E-state index contributed by atoms with van der Waals surface area (Å²) in [6, 6.07) is 25.2. The fraction of sp³-hybridized carbons (Fsp3) is 0.288. The first kappa shape index (κ1) is 30.7. The average Bonchev–Trinajstić information content (AvgIpc) is 3.71. The molecular weight excluding hydrogens is 767 g/mol. The Morgan fingerprint density at radius 2 is 1.32 bits per heavy atom. The van der Waals surface area contributed by atoms with Crippen molar-refractivity contribution >= 4 is 11.0 Å². The SMILES string of the molecule is [2H]c1nc(-c2cc(-c3cccc4c3nc(-c3cc(C(C)C)cc(C(C)C)c3O)n4-c3ccc(-c4c(C([2H])(C)C)cccc4C([2H])(C)C)cc3)cc(C(C)(C)C)c2)c([2H])c(-c2c([2H])c([2H])c(C([2H])([2H])[2H])c([2H])c2[2H])c1[2H]. The van der Waals surface area contributed by atoms with E-state index in [9.17, 15) is 6.48 Å². The number of fused-ring (bicyclic) bond motifs is 1. The van der Waals surface area contributed by atoms with Gasteiger partial charge in [0.1, 0.15) is 11.6 Å². The molecule has 6 aromatic carbocycles. The average molecular weight is 842 g/mol. The molecule has 1 N–H and O–H groups in total. The Labute approximate surface area is 392 Å². The maximum absolute atomic E-state index is 12.3. The molecule has 0 saturated carbocycles. The van der Waals surface area contributed by atoms with Crippen LogP contribution in [0.1, 0.15) is 150 Å². The summed E-state index contributed by atoms with van der Waals surface area (Å²) >= 11 is 0. The third-order valence-electron chi connectivity index (χ3n) is 11.8. The lowest BCUT2D eigenvalue weighted by atomic mass is 9.83. The second kappa shape index (κ2) is 17.1. The highest BCUT2D eigenvalue weighted by Crippen LogP contribution is 2.44. The van der Waals surface area contributed by atoms with Crippen molar-refractivity contribution in [1.29, 1.82) is 0 Å². The van der Waals surface area contributed by atoms with Gasteiger partial charge in [-0.2, -0.15) is 0 Å². The summed E-state index contributed by atoms with van der Waals surface area (Å²) in [6.45, 7) is 18.8. The first-order valence-corrected chi connectivity index (χ1v) is 21.6. The van der Waals surface area contributed by atoms with Crippen molar-refractivity contribution in [3.8, 4) is 67.5 Å². The predicted molar refractivity (Wildman–Crippen MR) is 268 cm³/mol. The number of rotatable bonds is 10. The Morgan fingerprint density at radius 1 is 0.651 bits per heavy atom. The predicted octanol–water partition coefficient (Wildman–Crippen LogP) is 16.6. The normalized spacial score (nSPS) is 15.4. The molecule has 0 aliphatic carbocycles. The fourth-order valence-electron chi connectivity index (χ4n) is 8.24. The van der Waals surface area contributed by atoms with Crippen LogP contribution in [-0.4, -0.2) is 19.6 Å². The monoisotopic (exact) mass is 842 g/mol. The maximum atomic E-state index is 12.3. The van der Waals surface area contributed by atoms with E-state index >= 15 is 0 Å². The smallest absolute Gasteiger partial charge is 0.149 e. The molecule has 2 aromatic heterocycles. The Hall–Kier alpha value is -6.26. The van der Waals surface area contributed by atoms with Crippen molar-refractivity contribution < 1.29 is 21.6 Å². The highest BCUT2D eigenvalue weighted by Gasteiger charge is 2.25. The second-order valence-corrected chi connectivity index (χ2v) is 18.5. The van der Waals surface area contributed by atoms with Crippen molar-refractivity contribution in [2.75, 3.05) is 0 Å². The first-order valence-electron chi connectivity index (χ1n) is 27.6. The number of aromatic hydroxyl groups is 1. The van der Waals surface area contributed by atoms with E-state index in [1.165, 1.54) is 0 Å². The molecule has 0 spiro atoms. The molecule has 0 radical (unpaired) electrons. The number of hydrogen-bond donors (Lipinski definition) is 1. The van der Waals surface area contributed by atoms with Crippen molar-refractivity contribution in [3.05, 3.63) is 167 Å². The molecule has 8 aromatic rings. The van der Waals surface area contributed by atoms with Crippen LogP contribution in [-0.2, 0) is 5.41 Å². The van der Waals surface area contributed by atoms with E-state index in [1.54, 1.807) is 0 Å². The summed E-state index contributed by atoms with van der Waals surface area (Å²) in [5.74, 6) is -1.24. The van der Waals surface area contributed by atoms with E-state index in [0.29, 0.717) is 39.1 Å². The summed E-state index contributed by atoms with van der Waals surface area (Å²) in [5.41, 5.74) is 7.99. The van der Waals surface area contributed by atoms with Crippen molar-refractivity contribution in [2.24, 2.45) is 0 Å². The molecule has 0 amide bonds. The van der Waals surface area contributed by atoms with Gasteiger partial charge in [0.25, 0.3) is 0 Å². The van der Waals surface area contributed by atoms with Crippen LogP contribution in [0.15, 0.2) is 133 Å². The molecule has 8 rings (SSSR count). The molecule has 4 heteroatoms. The summed E-state index contributed by atoms with van der Waals surface area (Å²) in [6.07, 6.45) is -0.581. The van der Waals surface area contributed by atoms with Crippen LogP contribution >= 0.6 is 0 Å². The zero-order valence-corrected chi connectivity index (χ0v) is 38.1. The minimum Gasteiger partial charge on any atom is -0.507 e. The number of nitrogens with zero attached hydrogens (tertiary/aromatic N) is 3. The molecule has 4 nitrogen and oxygen atoms in total. The van der Waals surface area contributed by atoms with Gasteiger partial charge in [-0.15, -0.1) is 0 Å². The molecule has 0 bridgehead atoms. The molecule has 63 heavy (non-hydrogen) atoms. The number of benzene rings is 6. The maximum Gasteiger partial charge on any atom is 0.149 e. The standard InChI is InChI=1S/C59H63N3O/c1-35(2)43-32-51(38(7)8)57(63)52(33-43)58-61-56-50(44-29-45(31-46(30-44)59(10,11)12)53-34-42(27-28-60-53)40-21-19-39(9)20-22-40)17-14-18-54(56)62(58)47-25-23-41(24-26-47)55-48(36(3)4)15-13-16-49(55)37(5)6/h13-38,63H,1-12H3/i9D3,19D,20D,21D,22D,27D,28D,34D,36D,37D. The third kappa shape index (κ3) is 8.48. The van der Waals surface area contributed by atoms with E-state index < -0.39 is 77.6 Å². The van der Waals surface area contributed by atoms with Gasteiger partial charge < -0.3 is 5.11 Å². The highest BCUT2D eigenvalue weighted by molar-refractivity contribution is 5.97. The number of phenolic OH excluding ortho intramolecular Hbond substituents is 1. The topological polar surface area (TPSA) is 50.9 Å². The van der Waals surface area contributed by atoms with Crippen LogP contribution in [0.2, 0.25) is 0 Å². The van der Waals surface area contributed by atoms with Gasteiger partial charge in [-0.25, -0.2) is 4.98 Å². The quantitative estimate of drug-likeness (QED) is 0.149. The molecule has 0 aliphatic heterocycles.